The highest BCUT2D eigenvalue weighted by atomic mass is 35.5. The third kappa shape index (κ3) is 30.6. The number of hydrogen-bond donors (Lipinski definition) is 4. The van der Waals surface area contributed by atoms with Gasteiger partial charge in [0.15, 0.2) is 0 Å². The van der Waals surface area contributed by atoms with E-state index in [0.717, 1.165) is 0 Å². The Kier molecular flexibility index (Phi) is 28.2. The fourth-order valence-electron chi connectivity index (χ4n) is 3.53. The second kappa shape index (κ2) is 25.5. The molecular formula is C35H65ClO17. The van der Waals surface area contributed by atoms with Gasteiger partial charge >= 0.3 is 41.2 Å². The zero-order valence-electron chi connectivity index (χ0n) is 33.3. The predicted molar refractivity (Wildman–Crippen MR) is 194 cm³/mol. The lowest BCUT2D eigenvalue weighted by atomic mass is 9.88. The third-order valence-electron chi connectivity index (χ3n) is 6.82. The monoisotopic (exact) mass is 792 g/mol. The number of carboxylic acids is 3. The zero-order valence-corrected chi connectivity index (χ0v) is 34.1. The summed E-state index contributed by atoms with van der Waals surface area (Å²) in [6.07, 6.45) is -0.726. The van der Waals surface area contributed by atoms with Crippen LogP contribution in [0.3, 0.4) is 0 Å². The van der Waals surface area contributed by atoms with E-state index < -0.39 is 87.0 Å². The highest BCUT2D eigenvalue weighted by Gasteiger charge is 2.39. The molecule has 0 aliphatic rings. The number of esters is 3. The number of carbonyl (C=O) groups excluding carboxylic acids is 4. The van der Waals surface area contributed by atoms with Crippen LogP contribution >= 0.6 is 11.6 Å². The molecule has 4 N–H and O–H groups in total. The van der Waals surface area contributed by atoms with Crippen LogP contribution < -0.4 is 0 Å². The van der Waals surface area contributed by atoms with Crippen LogP contribution in [0.5, 0.6) is 0 Å². The van der Waals surface area contributed by atoms with Gasteiger partial charge in [-0.2, -0.15) is 0 Å². The highest BCUT2D eigenvalue weighted by molar-refractivity contribution is 6.61. The van der Waals surface area contributed by atoms with E-state index in [1.165, 1.54) is 42.3 Å². The standard InChI is InChI=1S/C12H22O5.C11H20O5.C9H16O5.C2H3ClO2.CH4/c1-11(2,3)17-9(13)7-8(10(14)15)12(4,5)16-6;1-10(2,3)16-8(12)6-7(9(13)14)11(4,5)15;1-9(2,14-4)6(8(11)12)5-7(10)13-3;1-5-2(3)4;/h8H,7H2,1-6H3,(H,14,15);7,15H,6H2,1-5H3,(H,13,14);6H,5H2,1-4H3,(H,11,12);1H3;1H4/t8-;7-;6-;;/m111../s1. The topological polar surface area (TPSA) is 256 Å². The molecule has 0 saturated carbocycles. The normalized spacial score (nSPS) is 13.1. The van der Waals surface area contributed by atoms with E-state index in [2.05, 4.69) is 21.1 Å². The smallest absolute Gasteiger partial charge is 0.403 e. The first-order valence-electron chi connectivity index (χ1n) is 15.8. The van der Waals surface area contributed by atoms with E-state index in [1.807, 2.05) is 0 Å². The van der Waals surface area contributed by atoms with E-state index in [-0.39, 0.29) is 26.7 Å². The van der Waals surface area contributed by atoms with Crippen molar-refractivity contribution in [1.29, 1.82) is 0 Å². The van der Waals surface area contributed by atoms with Gasteiger partial charge in [-0.15, -0.1) is 0 Å². The van der Waals surface area contributed by atoms with E-state index in [4.69, 9.17) is 34.3 Å². The van der Waals surface area contributed by atoms with Crippen molar-refractivity contribution < 1.29 is 82.4 Å². The van der Waals surface area contributed by atoms with Gasteiger partial charge in [-0.1, -0.05) is 7.43 Å². The Labute approximate surface area is 318 Å². The van der Waals surface area contributed by atoms with Crippen molar-refractivity contribution in [2.24, 2.45) is 17.8 Å². The molecule has 0 spiro atoms. The van der Waals surface area contributed by atoms with Gasteiger partial charge in [0.1, 0.15) is 11.2 Å². The molecule has 0 aliphatic heterocycles. The van der Waals surface area contributed by atoms with Crippen molar-refractivity contribution in [2.75, 3.05) is 28.4 Å². The Morgan fingerprint density at radius 2 is 0.755 bits per heavy atom. The maximum atomic E-state index is 11.6. The van der Waals surface area contributed by atoms with Crippen LogP contribution in [0.15, 0.2) is 0 Å². The summed E-state index contributed by atoms with van der Waals surface area (Å²) in [4.78, 5) is 76.2. The van der Waals surface area contributed by atoms with Crippen molar-refractivity contribution in [3.05, 3.63) is 0 Å². The summed E-state index contributed by atoms with van der Waals surface area (Å²) in [5.74, 6) is -8.05. The largest absolute Gasteiger partial charge is 0.481 e. The Morgan fingerprint density at radius 1 is 0.509 bits per heavy atom. The molecule has 0 fully saturated rings. The fourth-order valence-corrected chi connectivity index (χ4v) is 3.53. The van der Waals surface area contributed by atoms with Crippen molar-refractivity contribution in [1.82, 2.24) is 0 Å². The number of rotatable bonds is 14. The fraction of sp³-hybridized carbons (Fsp3) is 0.800. The minimum atomic E-state index is -1.46. The minimum absolute atomic E-state index is 0. The van der Waals surface area contributed by atoms with Gasteiger partial charge in [-0.3, -0.25) is 28.8 Å². The number of aliphatic hydroxyl groups is 1. The van der Waals surface area contributed by atoms with E-state index in [0.29, 0.717) is 0 Å². The Bertz CT molecular complexity index is 1160. The first-order valence-corrected chi connectivity index (χ1v) is 16.2. The SMILES string of the molecule is C.CC(C)(C)OC(=O)C[C@H](C(=O)O)C(C)(C)O.COC(=O)C[C@H](C(=O)O)C(C)(C)OC.COC(=O)Cl.COC(C)(C)[C@H](CC(=O)OC(C)(C)C)C(=O)O. The summed E-state index contributed by atoms with van der Waals surface area (Å²) in [7, 11) is 5.27. The molecule has 0 unspecified atom stereocenters. The molecule has 0 saturated heterocycles. The number of carboxylic acid groups (broad SMARTS) is 3. The number of ether oxygens (including phenoxy) is 6. The first-order chi connectivity index (χ1) is 23.0. The number of methoxy groups -OCH3 is 4. The zero-order chi connectivity index (χ0) is 42.6. The van der Waals surface area contributed by atoms with Crippen LogP contribution in [0.2, 0.25) is 0 Å². The van der Waals surface area contributed by atoms with Crippen molar-refractivity contribution in [3.63, 3.8) is 0 Å². The van der Waals surface area contributed by atoms with Crippen LogP contribution in [0.25, 0.3) is 0 Å². The van der Waals surface area contributed by atoms with E-state index in [9.17, 15) is 38.7 Å². The number of hydrogen-bond acceptors (Lipinski definition) is 14. The van der Waals surface area contributed by atoms with Crippen LogP contribution in [0.4, 0.5) is 4.79 Å². The third-order valence-corrected chi connectivity index (χ3v) is 6.97. The number of aliphatic carboxylic acids is 3. The predicted octanol–water partition coefficient (Wildman–Crippen LogP) is 5.34. The average molecular weight is 793 g/mol. The van der Waals surface area contributed by atoms with Gasteiger partial charge in [-0.25, -0.2) is 4.79 Å². The highest BCUT2D eigenvalue weighted by Crippen LogP contribution is 2.26. The van der Waals surface area contributed by atoms with Gasteiger partial charge < -0.3 is 48.8 Å². The quantitative estimate of drug-likeness (QED) is 0.0983. The maximum absolute atomic E-state index is 11.6. The van der Waals surface area contributed by atoms with E-state index >= 15 is 0 Å². The molecule has 0 radical (unpaired) electrons. The van der Waals surface area contributed by atoms with Crippen molar-refractivity contribution in [2.45, 2.75) is 138 Å². The van der Waals surface area contributed by atoms with Crippen molar-refractivity contribution >= 4 is 52.8 Å². The summed E-state index contributed by atoms with van der Waals surface area (Å²) >= 11 is 4.60. The molecule has 0 heterocycles. The minimum Gasteiger partial charge on any atom is -0.481 e. The van der Waals surface area contributed by atoms with Gasteiger partial charge in [0.25, 0.3) is 0 Å². The van der Waals surface area contributed by atoms with Gasteiger partial charge in [-0.05, 0) is 83.1 Å². The molecule has 0 aromatic heterocycles. The second-order valence-electron chi connectivity index (χ2n) is 14.7. The molecular weight excluding hydrogens is 728 g/mol. The lowest BCUT2D eigenvalue weighted by Crippen LogP contribution is -2.41. The molecule has 0 bridgehead atoms. The molecule has 0 amide bonds. The van der Waals surface area contributed by atoms with Crippen LogP contribution in [-0.4, -0.2) is 118 Å². The summed E-state index contributed by atoms with van der Waals surface area (Å²) in [5.41, 5.74) is -5.30. The molecule has 53 heavy (non-hydrogen) atoms. The Morgan fingerprint density at radius 3 is 0.925 bits per heavy atom. The van der Waals surface area contributed by atoms with Crippen LogP contribution in [0.1, 0.15) is 110 Å². The lowest BCUT2D eigenvalue weighted by Gasteiger charge is -2.30. The maximum Gasteiger partial charge on any atom is 0.403 e. The molecule has 0 rings (SSSR count). The van der Waals surface area contributed by atoms with Crippen molar-refractivity contribution in [3.8, 4) is 0 Å². The number of carbonyl (C=O) groups is 7. The van der Waals surface area contributed by atoms with Crippen LogP contribution in [-0.2, 0) is 57.2 Å². The Balaban J connectivity index is -0.000000203. The molecule has 18 heteroatoms. The first kappa shape index (κ1) is 58.8. The van der Waals surface area contributed by atoms with Gasteiger partial charge in [0.05, 0.1) is 68.0 Å². The molecule has 0 aromatic rings. The summed E-state index contributed by atoms with van der Waals surface area (Å²) < 4.78 is 28.5. The Hall–Kier alpha value is -3.54. The van der Waals surface area contributed by atoms with Gasteiger partial charge in [0, 0.05) is 25.8 Å². The lowest BCUT2D eigenvalue weighted by molar-refractivity contribution is -0.167. The average Bonchev–Trinajstić information content (AvgIpc) is 2.95. The molecule has 17 nitrogen and oxygen atoms in total. The van der Waals surface area contributed by atoms with E-state index in [1.54, 1.807) is 69.2 Å². The summed E-state index contributed by atoms with van der Waals surface area (Å²) in [6.45, 7) is 19.5. The number of halogens is 1. The van der Waals surface area contributed by atoms with Crippen LogP contribution in [0, 0.1) is 17.8 Å². The van der Waals surface area contributed by atoms with Gasteiger partial charge in [0.2, 0.25) is 0 Å². The molecule has 314 valence electrons. The molecule has 0 aliphatic carbocycles. The summed E-state index contributed by atoms with van der Waals surface area (Å²) in [5, 5.41) is 36.5. The molecule has 3 atom stereocenters. The molecule has 0 aromatic carbocycles. The second-order valence-corrected chi connectivity index (χ2v) is 15.1. The summed E-state index contributed by atoms with van der Waals surface area (Å²) in [6, 6.07) is 0.